The van der Waals surface area contributed by atoms with Gasteiger partial charge in [-0.15, -0.1) is 0 Å². The van der Waals surface area contributed by atoms with E-state index in [1.165, 1.54) is 12.6 Å². The lowest BCUT2D eigenvalue weighted by Crippen LogP contribution is -1.91. The highest BCUT2D eigenvalue weighted by Crippen LogP contribution is 2.25. The van der Waals surface area contributed by atoms with E-state index in [2.05, 4.69) is 0 Å². The number of hydrogen-bond acceptors (Lipinski definition) is 4. The number of nitrogens with zero attached hydrogens (tertiary/aromatic N) is 1. The van der Waals surface area contributed by atoms with E-state index >= 15 is 0 Å². The second-order valence-corrected chi connectivity index (χ2v) is 2.93. The largest absolute Gasteiger partial charge is 0.350 e. The zero-order valence-corrected chi connectivity index (χ0v) is 6.97. The zero-order valence-electron chi connectivity index (χ0n) is 6.07. The number of nitriles is 1. The third-order valence-electron chi connectivity index (χ3n) is 0.888. The van der Waals surface area contributed by atoms with Crippen LogP contribution in [0.3, 0.4) is 0 Å². The Kier molecular flexibility index (Phi) is 5.64. The minimum absolute atomic E-state index is 0.0156. The Morgan fingerprint density at radius 2 is 2.45 bits per heavy atom. The molecule has 0 bridgehead atoms. The summed E-state index contributed by atoms with van der Waals surface area (Å²) in [4.78, 5) is 18.6. The first kappa shape index (κ1) is 10.3. The van der Waals surface area contributed by atoms with Gasteiger partial charge in [0.1, 0.15) is 17.6 Å². The number of carbonyl (C=O) groups excluding carboxylic acids is 1. The fourth-order valence-electron chi connectivity index (χ4n) is 0.410. The van der Waals surface area contributed by atoms with Crippen molar-refractivity contribution in [1.29, 1.82) is 5.26 Å². The summed E-state index contributed by atoms with van der Waals surface area (Å²) in [7, 11) is -1.39. The molecule has 0 heterocycles. The second-order valence-electron chi connectivity index (χ2n) is 1.74. The van der Waals surface area contributed by atoms with E-state index in [0.29, 0.717) is 0 Å². The smallest absolute Gasteiger partial charge is 0.164 e. The highest BCUT2D eigenvalue weighted by Gasteiger charge is 1.99. The molecule has 0 saturated carbocycles. The van der Waals surface area contributed by atoms with E-state index in [-0.39, 0.29) is 18.6 Å². The molecule has 0 aliphatic heterocycles. The average Bonchev–Trinajstić information content (AvgIpc) is 1.98. The Morgan fingerprint density at radius 3 is 2.82 bits per heavy atom. The molecule has 1 N–H and O–H groups in total. The van der Waals surface area contributed by atoms with Gasteiger partial charge in [-0.2, -0.15) is 5.26 Å². The van der Waals surface area contributed by atoms with Crippen molar-refractivity contribution in [2.24, 2.45) is 0 Å². The van der Waals surface area contributed by atoms with Crippen LogP contribution in [0.4, 0.5) is 0 Å². The molecule has 0 rings (SSSR count). The van der Waals surface area contributed by atoms with Crippen LogP contribution < -0.4 is 0 Å². The molecule has 4 nitrogen and oxygen atoms in total. The number of hydrogen-bond donors (Lipinski definition) is 1. The Morgan fingerprint density at radius 1 is 1.82 bits per heavy atom. The molecular formula is C6H8NO3P. The molecule has 0 aliphatic carbocycles. The Hall–Kier alpha value is -0.710. The molecule has 0 spiro atoms. The van der Waals surface area contributed by atoms with Crippen molar-refractivity contribution in [2.45, 2.75) is 6.42 Å². The minimum Gasteiger partial charge on any atom is -0.350 e. The van der Waals surface area contributed by atoms with Gasteiger partial charge in [0.15, 0.2) is 8.38 Å². The monoisotopic (exact) mass is 173 g/mol. The molecule has 60 valence electrons. The Balaban J connectivity index is 3.56. The molecular weight excluding hydrogens is 165 g/mol. The lowest BCUT2D eigenvalue weighted by atomic mass is 10.2. The summed E-state index contributed by atoms with van der Waals surface area (Å²) in [5, 5.41) is 8.23. The highest BCUT2D eigenvalue weighted by molar-refractivity contribution is 7.45. The number of rotatable bonds is 4. The fraction of sp³-hybridized carbons (Fsp3) is 0.500. The normalized spacial score (nSPS) is 11.4. The van der Waals surface area contributed by atoms with Crippen molar-refractivity contribution >= 4 is 14.3 Å². The van der Waals surface area contributed by atoms with Gasteiger partial charge in [0.2, 0.25) is 0 Å². The summed E-state index contributed by atoms with van der Waals surface area (Å²) in [6, 6.07) is 1.66. The van der Waals surface area contributed by atoms with E-state index in [0.717, 1.165) is 0 Å². The first-order chi connectivity index (χ1) is 5.20. The minimum atomic E-state index is -1.39. The molecule has 0 aromatic heterocycles. The molecule has 1 unspecified atom stereocenters. The summed E-state index contributed by atoms with van der Waals surface area (Å²) in [6.45, 7) is 1.71. The summed E-state index contributed by atoms with van der Waals surface area (Å²) >= 11 is 0. The molecule has 0 saturated heterocycles. The van der Waals surface area contributed by atoms with Crippen LogP contribution in [0.2, 0.25) is 0 Å². The Bertz CT molecular complexity index is 202. The third-order valence-corrected chi connectivity index (χ3v) is 1.44. The van der Waals surface area contributed by atoms with Crippen LogP contribution in [0.25, 0.3) is 0 Å². The lowest BCUT2D eigenvalue weighted by Gasteiger charge is -2.02. The molecule has 5 heteroatoms. The van der Waals surface area contributed by atoms with Crippen LogP contribution in [-0.2, 0) is 9.32 Å². The lowest BCUT2D eigenvalue weighted by molar-refractivity contribution is 0.319. The van der Waals surface area contributed by atoms with Crippen molar-refractivity contribution < 1.29 is 14.2 Å². The van der Waals surface area contributed by atoms with Gasteiger partial charge in [0.25, 0.3) is 0 Å². The first-order valence-electron chi connectivity index (χ1n) is 2.90. The van der Waals surface area contributed by atoms with E-state index in [4.69, 9.17) is 14.7 Å². The molecule has 0 fully saturated rings. The Labute approximate surface area is 66.0 Å². The van der Waals surface area contributed by atoms with Gasteiger partial charge in [-0.3, -0.25) is 0 Å². The van der Waals surface area contributed by atoms with Crippen LogP contribution in [0.15, 0.2) is 5.57 Å². The van der Waals surface area contributed by atoms with Crippen LogP contribution in [-0.4, -0.2) is 24.1 Å². The zero-order chi connectivity index (χ0) is 8.69. The SMILES string of the molecule is CP(O)OCCC(=C=O)C#N. The summed E-state index contributed by atoms with van der Waals surface area (Å²) in [5.41, 5.74) is 0.0156. The third kappa shape index (κ3) is 5.72. The van der Waals surface area contributed by atoms with Gasteiger partial charge in [0, 0.05) is 13.1 Å². The summed E-state index contributed by atoms with van der Waals surface area (Å²) in [6.07, 6.45) is 0.216. The standard InChI is InChI=1S/C6H8NO3P/c1-11(9)10-3-2-6(4-7)5-8/h9H,2-3H2,1H3. The van der Waals surface area contributed by atoms with Gasteiger partial charge < -0.3 is 9.42 Å². The van der Waals surface area contributed by atoms with E-state index in [1.807, 2.05) is 0 Å². The van der Waals surface area contributed by atoms with Crippen molar-refractivity contribution in [3.63, 3.8) is 0 Å². The van der Waals surface area contributed by atoms with Crippen LogP contribution in [0.1, 0.15) is 6.42 Å². The second kappa shape index (κ2) is 6.03. The average molecular weight is 173 g/mol. The summed E-state index contributed by atoms with van der Waals surface area (Å²) < 4.78 is 4.75. The maximum absolute atomic E-state index is 9.91. The van der Waals surface area contributed by atoms with Gasteiger partial charge in [-0.25, -0.2) is 4.79 Å². The molecule has 0 aromatic rings. The van der Waals surface area contributed by atoms with Crippen LogP contribution >= 0.6 is 8.38 Å². The van der Waals surface area contributed by atoms with Gasteiger partial charge in [-0.1, -0.05) is 0 Å². The van der Waals surface area contributed by atoms with Crippen molar-refractivity contribution in [3.8, 4) is 6.07 Å². The maximum Gasteiger partial charge on any atom is 0.164 e. The maximum atomic E-state index is 9.91. The molecule has 0 radical (unpaired) electrons. The van der Waals surface area contributed by atoms with Crippen molar-refractivity contribution in [3.05, 3.63) is 5.57 Å². The fourth-order valence-corrected chi connectivity index (χ4v) is 0.765. The van der Waals surface area contributed by atoms with Gasteiger partial charge >= 0.3 is 0 Å². The van der Waals surface area contributed by atoms with Crippen molar-refractivity contribution in [2.75, 3.05) is 13.3 Å². The molecule has 0 aromatic carbocycles. The predicted molar refractivity (Wildman–Crippen MR) is 40.5 cm³/mol. The van der Waals surface area contributed by atoms with E-state index < -0.39 is 8.38 Å². The predicted octanol–water partition coefficient (Wildman–Crippen LogP) is 0.609. The molecule has 1 atom stereocenters. The van der Waals surface area contributed by atoms with Gasteiger partial charge in [0.05, 0.1) is 6.61 Å². The van der Waals surface area contributed by atoms with Crippen molar-refractivity contribution in [1.82, 2.24) is 0 Å². The van der Waals surface area contributed by atoms with E-state index in [1.54, 1.807) is 6.07 Å². The topological polar surface area (TPSA) is 70.3 Å². The highest BCUT2D eigenvalue weighted by atomic mass is 31.2. The van der Waals surface area contributed by atoms with E-state index in [9.17, 15) is 4.79 Å². The van der Waals surface area contributed by atoms with Crippen LogP contribution in [0.5, 0.6) is 0 Å². The molecule has 0 amide bonds. The molecule has 0 aliphatic rings. The quantitative estimate of drug-likeness (QED) is 0.384. The first-order valence-corrected chi connectivity index (χ1v) is 4.56. The molecule has 11 heavy (non-hydrogen) atoms. The van der Waals surface area contributed by atoms with Gasteiger partial charge in [-0.05, 0) is 0 Å². The summed E-state index contributed by atoms with van der Waals surface area (Å²) in [5.74, 6) is 1.48. The van der Waals surface area contributed by atoms with Crippen LogP contribution in [0, 0.1) is 11.3 Å².